The fraction of sp³-hybridized carbons (Fsp3) is 0.889. The predicted molar refractivity (Wildman–Crippen MR) is 47.0 cm³/mol. The molecule has 0 aliphatic heterocycles. The van der Waals surface area contributed by atoms with Crippen molar-refractivity contribution in [3.05, 3.63) is 0 Å². The monoisotopic (exact) mass is 171 g/mol. The first-order valence-electron chi connectivity index (χ1n) is 4.64. The van der Waals surface area contributed by atoms with Crippen LogP contribution < -0.4 is 5.32 Å². The van der Waals surface area contributed by atoms with E-state index in [1.807, 2.05) is 6.92 Å². The zero-order valence-electron chi connectivity index (χ0n) is 7.71. The number of carbonyl (C=O) groups is 1. The predicted octanol–water partition coefficient (Wildman–Crippen LogP) is 1.24. The molecular formula is C9H17NO2. The smallest absolute Gasteiger partial charge is 0.320 e. The van der Waals surface area contributed by atoms with E-state index in [0.29, 0.717) is 12.5 Å². The second-order valence-electron chi connectivity index (χ2n) is 3.59. The highest BCUT2D eigenvalue weighted by atomic mass is 16.4. The summed E-state index contributed by atoms with van der Waals surface area (Å²) in [6.45, 7) is 3.97. The molecule has 2 N–H and O–H groups in total. The van der Waals surface area contributed by atoms with Crippen molar-refractivity contribution in [1.29, 1.82) is 0 Å². The van der Waals surface area contributed by atoms with Crippen molar-refractivity contribution in [3.63, 3.8) is 0 Å². The van der Waals surface area contributed by atoms with Crippen LogP contribution in [0.15, 0.2) is 0 Å². The molecule has 1 rings (SSSR count). The van der Waals surface area contributed by atoms with Crippen molar-refractivity contribution >= 4 is 5.97 Å². The Morgan fingerprint density at radius 1 is 1.67 bits per heavy atom. The van der Waals surface area contributed by atoms with Crippen LogP contribution in [0.2, 0.25) is 0 Å². The Bertz CT molecular complexity index is 166. The third kappa shape index (κ3) is 2.48. The van der Waals surface area contributed by atoms with Gasteiger partial charge in [0.2, 0.25) is 0 Å². The van der Waals surface area contributed by atoms with Gasteiger partial charge in [0, 0.05) is 6.04 Å². The number of hydrogen-bond donors (Lipinski definition) is 2. The van der Waals surface area contributed by atoms with Gasteiger partial charge < -0.3 is 10.4 Å². The first kappa shape index (κ1) is 9.52. The normalized spacial score (nSPS) is 21.8. The minimum atomic E-state index is -0.731. The molecule has 1 saturated carbocycles. The maximum atomic E-state index is 10.6. The van der Waals surface area contributed by atoms with Gasteiger partial charge >= 0.3 is 5.97 Å². The summed E-state index contributed by atoms with van der Waals surface area (Å²) in [5.41, 5.74) is 0. The van der Waals surface area contributed by atoms with Crippen molar-refractivity contribution in [2.45, 2.75) is 45.2 Å². The Labute approximate surface area is 73.2 Å². The summed E-state index contributed by atoms with van der Waals surface area (Å²) in [4.78, 5) is 10.6. The van der Waals surface area contributed by atoms with Crippen LogP contribution in [0.1, 0.15) is 33.1 Å². The van der Waals surface area contributed by atoms with Crippen molar-refractivity contribution in [2.75, 3.05) is 0 Å². The van der Waals surface area contributed by atoms with Gasteiger partial charge in [-0.25, -0.2) is 0 Å². The number of carboxylic acids is 1. The Morgan fingerprint density at radius 2 is 2.25 bits per heavy atom. The lowest BCUT2D eigenvalue weighted by atomic mass is 10.1. The molecule has 70 valence electrons. The van der Waals surface area contributed by atoms with Gasteiger partial charge in [0.25, 0.3) is 0 Å². The van der Waals surface area contributed by atoms with Crippen LogP contribution in [0.5, 0.6) is 0 Å². The van der Waals surface area contributed by atoms with E-state index in [0.717, 1.165) is 5.92 Å². The summed E-state index contributed by atoms with van der Waals surface area (Å²) in [5, 5.41) is 11.9. The molecule has 0 aromatic carbocycles. The first-order chi connectivity index (χ1) is 5.65. The summed E-state index contributed by atoms with van der Waals surface area (Å²) in [6.07, 6.45) is 3.17. The van der Waals surface area contributed by atoms with Crippen molar-refractivity contribution in [3.8, 4) is 0 Å². The highest BCUT2D eigenvalue weighted by molar-refractivity contribution is 5.73. The zero-order chi connectivity index (χ0) is 9.14. The highest BCUT2D eigenvalue weighted by Gasteiger charge is 2.30. The Morgan fingerprint density at radius 3 is 2.58 bits per heavy atom. The topological polar surface area (TPSA) is 49.3 Å². The summed E-state index contributed by atoms with van der Waals surface area (Å²) in [7, 11) is 0. The van der Waals surface area contributed by atoms with Crippen molar-refractivity contribution in [1.82, 2.24) is 5.32 Å². The molecule has 0 radical (unpaired) electrons. The second kappa shape index (κ2) is 3.90. The van der Waals surface area contributed by atoms with E-state index < -0.39 is 5.97 Å². The van der Waals surface area contributed by atoms with E-state index in [1.54, 1.807) is 0 Å². The summed E-state index contributed by atoms with van der Waals surface area (Å²) >= 11 is 0. The molecular weight excluding hydrogens is 154 g/mol. The van der Waals surface area contributed by atoms with Gasteiger partial charge in [0.15, 0.2) is 0 Å². The number of hydrogen-bond acceptors (Lipinski definition) is 2. The highest BCUT2D eigenvalue weighted by Crippen LogP contribution is 2.32. The number of aliphatic carboxylic acids is 1. The Hall–Kier alpha value is -0.570. The molecule has 0 amide bonds. The van der Waals surface area contributed by atoms with E-state index in [-0.39, 0.29) is 6.04 Å². The lowest BCUT2D eigenvalue weighted by Gasteiger charge is -2.18. The fourth-order valence-corrected chi connectivity index (χ4v) is 1.41. The SMILES string of the molecule is CCC(NC(C)C1CC1)C(=O)O. The average molecular weight is 171 g/mol. The van der Waals surface area contributed by atoms with E-state index in [9.17, 15) is 4.79 Å². The van der Waals surface area contributed by atoms with Crippen LogP contribution in [0.25, 0.3) is 0 Å². The lowest BCUT2D eigenvalue weighted by Crippen LogP contribution is -2.42. The summed E-state index contributed by atoms with van der Waals surface area (Å²) < 4.78 is 0. The van der Waals surface area contributed by atoms with Gasteiger partial charge in [-0.15, -0.1) is 0 Å². The number of carboxylic acid groups (broad SMARTS) is 1. The van der Waals surface area contributed by atoms with E-state index >= 15 is 0 Å². The standard InChI is InChI=1S/C9H17NO2/c1-3-8(9(11)12)10-6(2)7-4-5-7/h6-8,10H,3-5H2,1-2H3,(H,11,12). The molecule has 1 fully saturated rings. The minimum Gasteiger partial charge on any atom is -0.480 e. The van der Waals surface area contributed by atoms with Crippen LogP contribution in [0.4, 0.5) is 0 Å². The molecule has 0 bridgehead atoms. The molecule has 3 nitrogen and oxygen atoms in total. The second-order valence-corrected chi connectivity index (χ2v) is 3.59. The van der Waals surface area contributed by atoms with Crippen LogP contribution in [0, 0.1) is 5.92 Å². The molecule has 1 aliphatic carbocycles. The van der Waals surface area contributed by atoms with Gasteiger partial charge in [-0.3, -0.25) is 4.79 Å². The number of nitrogens with one attached hydrogen (secondary N) is 1. The van der Waals surface area contributed by atoms with Crippen LogP contribution in [0.3, 0.4) is 0 Å². The van der Waals surface area contributed by atoms with Crippen LogP contribution in [-0.4, -0.2) is 23.2 Å². The van der Waals surface area contributed by atoms with E-state index in [1.165, 1.54) is 12.8 Å². The fourth-order valence-electron chi connectivity index (χ4n) is 1.41. The third-order valence-electron chi connectivity index (χ3n) is 2.50. The largest absolute Gasteiger partial charge is 0.480 e. The summed E-state index contributed by atoms with van der Waals surface area (Å²) in [5.74, 6) is -0.0107. The molecule has 0 saturated heterocycles. The van der Waals surface area contributed by atoms with Gasteiger partial charge in [0.05, 0.1) is 0 Å². The van der Waals surface area contributed by atoms with E-state index in [4.69, 9.17) is 5.11 Å². The quantitative estimate of drug-likeness (QED) is 0.654. The van der Waals surface area contributed by atoms with Gasteiger partial charge in [-0.1, -0.05) is 6.92 Å². The molecule has 12 heavy (non-hydrogen) atoms. The van der Waals surface area contributed by atoms with E-state index in [2.05, 4.69) is 12.2 Å². The molecule has 1 aliphatic rings. The molecule has 2 unspecified atom stereocenters. The average Bonchev–Trinajstić information content (AvgIpc) is 2.80. The molecule has 3 heteroatoms. The van der Waals surface area contributed by atoms with Gasteiger partial charge in [-0.2, -0.15) is 0 Å². The van der Waals surface area contributed by atoms with Crippen LogP contribution in [-0.2, 0) is 4.79 Å². The van der Waals surface area contributed by atoms with Crippen molar-refractivity contribution in [2.24, 2.45) is 5.92 Å². The zero-order valence-corrected chi connectivity index (χ0v) is 7.71. The van der Waals surface area contributed by atoms with Crippen LogP contribution >= 0.6 is 0 Å². The molecule has 2 atom stereocenters. The number of rotatable bonds is 5. The maximum Gasteiger partial charge on any atom is 0.320 e. The molecule has 0 heterocycles. The summed E-state index contributed by atoms with van der Waals surface area (Å²) in [6, 6.07) is 0.00616. The third-order valence-corrected chi connectivity index (χ3v) is 2.50. The molecule has 0 aromatic rings. The minimum absolute atomic E-state index is 0.361. The lowest BCUT2D eigenvalue weighted by molar-refractivity contribution is -0.139. The van der Waals surface area contributed by atoms with Gasteiger partial charge in [0.1, 0.15) is 6.04 Å². The Balaban J connectivity index is 2.30. The maximum absolute atomic E-state index is 10.6. The van der Waals surface area contributed by atoms with Crippen molar-refractivity contribution < 1.29 is 9.90 Å². The van der Waals surface area contributed by atoms with Gasteiger partial charge in [-0.05, 0) is 32.1 Å². The Kier molecular flexibility index (Phi) is 3.09. The molecule has 0 aromatic heterocycles. The molecule has 0 spiro atoms. The first-order valence-corrected chi connectivity index (χ1v) is 4.64.